The van der Waals surface area contributed by atoms with E-state index in [1.54, 1.807) is 0 Å². The van der Waals surface area contributed by atoms with Crippen molar-refractivity contribution in [1.82, 2.24) is 0 Å². The van der Waals surface area contributed by atoms with Crippen LogP contribution in [0, 0.1) is 0 Å². The Labute approximate surface area is 144 Å². The molecule has 0 N–H and O–H groups in total. The number of ether oxygens (including phenoxy) is 1. The van der Waals surface area contributed by atoms with E-state index in [9.17, 15) is 13.2 Å². The summed E-state index contributed by atoms with van der Waals surface area (Å²) in [5.41, 5.74) is 16.7. The van der Waals surface area contributed by atoms with Crippen LogP contribution < -0.4 is 0 Å². The molecular formula is C14H16N6O4S. The molecule has 0 atom stereocenters. The molecule has 2 rings (SSSR count). The maximum atomic E-state index is 12.6. The number of carbonyl (C=O) groups is 1. The number of hydrogen-bond acceptors (Lipinski definition) is 6. The largest absolute Gasteiger partial charge is 0.462 e. The Morgan fingerprint density at radius 3 is 2.20 bits per heavy atom. The van der Waals surface area contributed by atoms with Crippen molar-refractivity contribution >= 4 is 27.2 Å². The SMILES string of the molecule is [N-]=[N+]=Nc1cccc(N=[N+]=[N-])c1S(=O)(=O)CC(=O)OC1CCCCC1. The van der Waals surface area contributed by atoms with E-state index >= 15 is 0 Å². The molecule has 0 unspecified atom stereocenters. The lowest BCUT2D eigenvalue weighted by Gasteiger charge is -2.21. The van der Waals surface area contributed by atoms with Crippen LogP contribution in [0.3, 0.4) is 0 Å². The Balaban J connectivity index is 2.30. The van der Waals surface area contributed by atoms with Gasteiger partial charge in [0.2, 0.25) is 0 Å². The summed E-state index contributed by atoms with van der Waals surface area (Å²) in [6.45, 7) is 0. The molecule has 1 aliphatic carbocycles. The van der Waals surface area contributed by atoms with Gasteiger partial charge in [0.25, 0.3) is 0 Å². The maximum absolute atomic E-state index is 12.6. The first-order chi connectivity index (χ1) is 12.0. The third-order valence-corrected chi connectivity index (χ3v) is 5.40. The molecule has 0 saturated heterocycles. The summed E-state index contributed by atoms with van der Waals surface area (Å²) in [5.74, 6) is -1.80. The van der Waals surface area contributed by atoms with Crippen molar-refractivity contribution in [1.29, 1.82) is 0 Å². The molecule has 0 radical (unpaired) electrons. The molecular weight excluding hydrogens is 348 g/mol. The van der Waals surface area contributed by atoms with Crippen molar-refractivity contribution in [2.24, 2.45) is 10.2 Å². The molecule has 0 spiro atoms. The highest BCUT2D eigenvalue weighted by molar-refractivity contribution is 7.92. The van der Waals surface area contributed by atoms with Crippen molar-refractivity contribution in [3.63, 3.8) is 0 Å². The van der Waals surface area contributed by atoms with Crippen LogP contribution in [0.5, 0.6) is 0 Å². The molecule has 1 aliphatic rings. The number of rotatable bonds is 6. The molecule has 25 heavy (non-hydrogen) atoms. The number of esters is 1. The second kappa shape index (κ2) is 8.39. The summed E-state index contributed by atoms with van der Waals surface area (Å²) in [6.07, 6.45) is 4.09. The van der Waals surface area contributed by atoms with Crippen molar-refractivity contribution in [2.75, 3.05) is 5.75 Å². The highest BCUT2D eigenvalue weighted by Crippen LogP contribution is 2.35. The van der Waals surface area contributed by atoms with Crippen LogP contribution in [0.15, 0.2) is 33.3 Å². The highest BCUT2D eigenvalue weighted by Gasteiger charge is 2.27. The number of carbonyl (C=O) groups excluding carboxylic acids is 1. The average Bonchev–Trinajstić information content (AvgIpc) is 2.55. The van der Waals surface area contributed by atoms with E-state index in [1.165, 1.54) is 18.2 Å². The van der Waals surface area contributed by atoms with Crippen LogP contribution in [-0.4, -0.2) is 26.2 Å². The Hall–Kier alpha value is -2.74. The summed E-state index contributed by atoms with van der Waals surface area (Å²) < 4.78 is 30.4. The zero-order valence-corrected chi connectivity index (χ0v) is 14.1. The third kappa shape index (κ3) is 4.87. The quantitative estimate of drug-likeness (QED) is 0.320. The standard InChI is InChI=1S/C14H16N6O4S/c15-19-17-11-7-4-8-12(18-20-16)14(11)25(22,23)9-13(21)24-10-5-2-1-3-6-10/h4,7-8,10H,1-3,5-6,9H2. The van der Waals surface area contributed by atoms with Crippen LogP contribution in [0.2, 0.25) is 0 Å². The second-order valence-electron chi connectivity index (χ2n) is 5.51. The van der Waals surface area contributed by atoms with Crippen LogP contribution in [-0.2, 0) is 19.4 Å². The molecule has 1 aromatic rings. The van der Waals surface area contributed by atoms with Gasteiger partial charge in [0.05, 0.1) is 16.3 Å². The molecule has 0 heterocycles. The first-order valence-corrected chi connectivity index (χ1v) is 9.28. The van der Waals surface area contributed by atoms with Crippen molar-refractivity contribution in [3.8, 4) is 0 Å². The monoisotopic (exact) mass is 364 g/mol. The molecule has 10 nitrogen and oxygen atoms in total. The van der Waals surface area contributed by atoms with Gasteiger partial charge in [0.1, 0.15) is 6.10 Å². The molecule has 1 saturated carbocycles. The van der Waals surface area contributed by atoms with Crippen LogP contribution in [0.1, 0.15) is 32.1 Å². The number of nitrogens with zero attached hydrogens (tertiary/aromatic N) is 6. The first-order valence-electron chi connectivity index (χ1n) is 7.63. The fourth-order valence-corrected chi connectivity index (χ4v) is 4.09. The summed E-state index contributed by atoms with van der Waals surface area (Å²) >= 11 is 0. The van der Waals surface area contributed by atoms with Gasteiger partial charge in [-0.05, 0) is 36.7 Å². The van der Waals surface area contributed by atoms with Gasteiger partial charge in [-0.1, -0.05) is 34.8 Å². The number of benzene rings is 1. The zero-order chi connectivity index (χ0) is 18.3. The smallest absolute Gasteiger partial charge is 0.321 e. The lowest BCUT2D eigenvalue weighted by molar-refractivity contribution is -0.147. The van der Waals surface area contributed by atoms with Gasteiger partial charge >= 0.3 is 5.97 Å². The van der Waals surface area contributed by atoms with Crippen LogP contribution in [0.25, 0.3) is 20.9 Å². The van der Waals surface area contributed by atoms with E-state index in [-0.39, 0.29) is 17.5 Å². The second-order valence-corrected chi connectivity index (χ2v) is 7.44. The molecule has 1 aromatic carbocycles. The molecule has 0 bridgehead atoms. The number of azide groups is 2. The molecule has 11 heteroatoms. The summed E-state index contributed by atoms with van der Waals surface area (Å²) in [7, 11) is -4.22. The van der Waals surface area contributed by atoms with Crippen LogP contribution in [0.4, 0.5) is 11.4 Å². The van der Waals surface area contributed by atoms with E-state index in [1.807, 2.05) is 0 Å². The minimum absolute atomic E-state index is 0.238. The fraction of sp³-hybridized carbons (Fsp3) is 0.500. The van der Waals surface area contributed by atoms with Crippen molar-refractivity contribution in [2.45, 2.75) is 43.1 Å². The van der Waals surface area contributed by atoms with Gasteiger partial charge in [-0.3, -0.25) is 4.79 Å². The average molecular weight is 364 g/mol. The van der Waals surface area contributed by atoms with Gasteiger partial charge in [0, 0.05) is 9.82 Å². The number of sulfone groups is 1. The Bertz CT molecular complexity index is 814. The van der Waals surface area contributed by atoms with Crippen LogP contribution >= 0.6 is 0 Å². The normalized spacial score (nSPS) is 14.9. The van der Waals surface area contributed by atoms with Gasteiger partial charge in [-0.25, -0.2) is 8.42 Å². The zero-order valence-electron chi connectivity index (χ0n) is 13.3. The highest BCUT2D eigenvalue weighted by atomic mass is 32.2. The predicted octanol–water partition coefficient (Wildman–Crippen LogP) is 4.22. The van der Waals surface area contributed by atoms with E-state index < -0.39 is 26.5 Å². The molecule has 132 valence electrons. The van der Waals surface area contributed by atoms with Gasteiger partial charge in [-0.15, -0.1) is 0 Å². The maximum Gasteiger partial charge on any atom is 0.321 e. The van der Waals surface area contributed by atoms with Crippen molar-refractivity contribution < 1.29 is 17.9 Å². The van der Waals surface area contributed by atoms with Gasteiger partial charge < -0.3 is 4.74 Å². The Kier molecular flexibility index (Phi) is 6.24. The lowest BCUT2D eigenvalue weighted by atomic mass is 9.98. The fourth-order valence-electron chi connectivity index (χ4n) is 2.72. The van der Waals surface area contributed by atoms with Crippen molar-refractivity contribution in [3.05, 3.63) is 39.1 Å². The summed E-state index contributed by atoms with van der Waals surface area (Å²) in [4.78, 5) is 16.7. The first kappa shape index (κ1) is 18.6. The molecule has 1 fully saturated rings. The lowest BCUT2D eigenvalue weighted by Crippen LogP contribution is -2.26. The topological polar surface area (TPSA) is 158 Å². The van der Waals surface area contributed by atoms with E-state index in [4.69, 9.17) is 15.8 Å². The van der Waals surface area contributed by atoms with Gasteiger partial charge in [-0.2, -0.15) is 0 Å². The number of hydrogen-bond donors (Lipinski definition) is 0. The van der Waals surface area contributed by atoms with E-state index in [0.29, 0.717) is 12.8 Å². The Morgan fingerprint density at radius 1 is 1.12 bits per heavy atom. The molecule has 0 amide bonds. The third-order valence-electron chi connectivity index (χ3n) is 3.75. The predicted molar refractivity (Wildman–Crippen MR) is 89.1 cm³/mol. The van der Waals surface area contributed by atoms with E-state index in [0.717, 1.165) is 19.3 Å². The molecule has 0 aliphatic heterocycles. The minimum Gasteiger partial charge on any atom is -0.462 e. The van der Waals surface area contributed by atoms with Gasteiger partial charge in [0.15, 0.2) is 15.6 Å². The summed E-state index contributed by atoms with van der Waals surface area (Å²) in [6, 6.07) is 3.90. The minimum atomic E-state index is -4.22. The Morgan fingerprint density at radius 2 is 1.68 bits per heavy atom. The molecule has 0 aromatic heterocycles. The van der Waals surface area contributed by atoms with E-state index in [2.05, 4.69) is 20.1 Å². The summed E-state index contributed by atoms with van der Waals surface area (Å²) in [5, 5.41) is 6.61.